The molecule has 5 rings (SSSR count). The lowest BCUT2D eigenvalue weighted by Gasteiger charge is -2.22. The van der Waals surface area contributed by atoms with Gasteiger partial charge >= 0.3 is 12.1 Å². The van der Waals surface area contributed by atoms with Gasteiger partial charge in [-0.05, 0) is 72.3 Å². The zero-order valence-corrected chi connectivity index (χ0v) is 22.9. The highest BCUT2D eigenvalue weighted by Gasteiger charge is 2.29. The van der Waals surface area contributed by atoms with Crippen LogP contribution in [0, 0.1) is 0 Å². The third-order valence-corrected chi connectivity index (χ3v) is 7.37. The van der Waals surface area contributed by atoms with Gasteiger partial charge in [0.05, 0.1) is 11.4 Å². The maximum Gasteiger partial charge on any atom is 0.407 e. The second-order valence-electron chi connectivity index (χ2n) is 10.2. The van der Waals surface area contributed by atoms with Crippen LogP contribution in [0.4, 0.5) is 4.79 Å². The summed E-state index contributed by atoms with van der Waals surface area (Å²) in [6.07, 6.45) is 4.53. The summed E-state index contributed by atoms with van der Waals surface area (Å²) in [5.74, 6) is -1.15. The van der Waals surface area contributed by atoms with Crippen LogP contribution in [0.3, 0.4) is 0 Å². The molecule has 1 aliphatic rings. The molecular formula is C33H34N4O4. The molecule has 1 amide bonds. The molecule has 8 heteroatoms. The van der Waals surface area contributed by atoms with Crippen molar-refractivity contribution < 1.29 is 19.4 Å². The number of unbranched alkanes of at least 4 members (excludes halogenated alkanes) is 1. The molecule has 4 aromatic rings. The third kappa shape index (κ3) is 7.35. The van der Waals surface area contributed by atoms with Gasteiger partial charge in [0.2, 0.25) is 0 Å². The number of carbonyl (C=O) groups excluding carboxylic acids is 1. The number of hydrogen-bond donors (Lipinski definition) is 2. The number of aliphatic carboxylic acids is 1. The van der Waals surface area contributed by atoms with E-state index >= 15 is 0 Å². The van der Waals surface area contributed by atoms with Crippen molar-refractivity contribution >= 4 is 12.1 Å². The fourth-order valence-electron chi connectivity index (χ4n) is 5.38. The van der Waals surface area contributed by atoms with Gasteiger partial charge in [0.15, 0.2) is 0 Å². The van der Waals surface area contributed by atoms with E-state index in [0.29, 0.717) is 25.9 Å². The summed E-state index contributed by atoms with van der Waals surface area (Å²) in [6, 6.07) is 26.9. The average molecular weight is 551 g/mol. The van der Waals surface area contributed by atoms with E-state index in [0.717, 1.165) is 46.6 Å². The van der Waals surface area contributed by atoms with Crippen LogP contribution in [0.5, 0.6) is 0 Å². The largest absolute Gasteiger partial charge is 0.480 e. The zero-order valence-electron chi connectivity index (χ0n) is 22.9. The maximum absolute atomic E-state index is 12.7. The van der Waals surface area contributed by atoms with Gasteiger partial charge in [-0.25, -0.2) is 9.59 Å². The van der Waals surface area contributed by atoms with Crippen LogP contribution in [-0.4, -0.2) is 51.2 Å². The number of benzene rings is 2. The predicted molar refractivity (Wildman–Crippen MR) is 156 cm³/mol. The number of carboxylic acid groups (broad SMARTS) is 1. The van der Waals surface area contributed by atoms with Gasteiger partial charge in [-0.15, -0.1) is 0 Å². The monoisotopic (exact) mass is 550 g/mol. The summed E-state index contributed by atoms with van der Waals surface area (Å²) in [4.78, 5) is 35.7. The molecular weight excluding hydrogens is 516 g/mol. The summed E-state index contributed by atoms with van der Waals surface area (Å²) in [5.41, 5.74) is 6.42. The molecule has 210 valence electrons. The predicted octanol–water partition coefficient (Wildman–Crippen LogP) is 5.64. The Balaban J connectivity index is 1.12. The molecule has 8 nitrogen and oxygen atoms in total. The van der Waals surface area contributed by atoms with Gasteiger partial charge in [0, 0.05) is 31.4 Å². The van der Waals surface area contributed by atoms with Crippen molar-refractivity contribution in [1.29, 1.82) is 0 Å². The lowest BCUT2D eigenvalue weighted by atomic mass is 9.98. The van der Waals surface area contributed by atoms with Crippen molar-refractivity contribution in [3.05, 3.63) is 120 Å². The van der Waals surface area contributed by atoms with Gasteiger partial charge in [0.25, 0.3) is 0 Å². The Labute approximate surface area is 240 Å². The van der Waals surface area contributed by atoms with E-state index in [1.54, 1.807) is 12.4 Å². The minimum absolute atomic E-state index is 0.0828. The number of nitrogens with zero attached hydrogens (tertiary/aromatic N) is 3. The number of ether oxygens (including phenoxy) is 1. The number of rotatable bonds is 13. The fraction of sp³-hybridized carbons (Fsp3) is 0.273. The Morgan fingerprint density at radius 2 is 1.37 bits per heavy atom. The quantitative estimate of drug-likeness (QED) is 0.208. The molecule has 2 aromatic heterocycles. The van der Waals surface area contributed by atoms with Gasteiger partial charge in [-0.2, -0.15) is 0 Å². The molecule has 0 spiro atoms. The highest BCUT2D eigenvalue weighted by Crippen LogP contribution is 2.44. The maximum atomic E-state index is 12.7. The Kier molecular flexibility index (Phi) is 9.34. The first-order chi connectivity index (χ1) is 20.1. The molecule has 1 atom stereocenters. The van der Waals surface area contributed by atoms with E-state index in [9.17, 15) is 14.7 Å². The minimum atomic E-state index is -1.07. The Bertz CT molecular complexity index is 1360. The standard InChI is InChI=1S/C33H34N4O4/c38-32(39)31(17-7-10-20-37(21-24-11-5-8-18-34-24)22-25-12-6-9-19-35-25)36-33(40)41-23-30-28-15-3-1-13-26(28)27-14-2-4-16-29(27)30/h1-6,8-9,11-16,18-19,30-31H,7,10,17,20-23H2,(H,36,40)(H,38,39)/t31-/m0/s1. The lowest BCUT2D eigenvalue weighted by molar-refractivity contribution is -0.139. The second-order valence-corrected chi connectivity index (χ2v) is 10.2. The number of alkyl carbamates (subject to hydrolysis) is 1. The molecule has 2 aromatic carbocycles. The molecule has 0 fully saturated rings. The van der Waals surface area contributed by atoms with Crippen molar-refractivity contribution in [2.45, 2.75) is 44.3 Å². The van der Waals surface area contributed by atoms with Gasteiger partial charge in [-0.1, -0.05) is 60.7 Å². The smallest absolute Gasteiger partial charge is 0.407 e. The van der Waals surface area contributed by atoms with Crippen LogP contribution in [-0.2, 0) is 22.6 Å². The number of nitrogens with one attached hydrogen (secondary N) is 1. The summed E-state index contributed by atoms with van der Waals surface area (Å²) in [5, 5.41) is 12.3. The van der Waals surface area contributed by atoms with Crippen LogP contribution in [0.2, 0.25) is 0 Å². The summed E-state index contributed by atoms with van der Waals surface area (Å²) < 4.78 is 5.56. The molecule has 0 unspecified atom stereocenters. The van der Waals surface area contributed by atoms with Crippen LogP contribution in [0.1, 0.15) is 47.7 Å². The molecule has 0 radical (unpaired) electrons. The molecule has 2 heterocycles. The molecule has 0 saturated heterocycles. The highest BCUT2D eigenvalue weighted by atomic mass is 16.5. The topological polar surface area (TPSA) is 105 Å². The molecule has 0 aliphatic heterocycles. The molecule has 0 saturated carbocycles. The summed E-state index contributed by atoms with van der Waals surface area (Å²) >= 11 is 0. The number of pyridine rings is 2. The zero-order chi connectivity index (χ0) is 28.4. The van der Waals surface area contributed by atoms with Crippen molar-refractivity contribution in [2.75, 3.05) is 13.2 Å². The van der Waals surface area contributed by atoms with Gasteiger partial charge in [-0.3, -0.25) is 14.9 Å². The van der Waals surface area contributed by atoms with E-state index in [4.69, 9.17) is 4.74 Å². The first-order valence-electron chi connectivity index (χ1n) is 13.9. The number of carbonyl (C=O) groups is 2. The Morgan fingerprint density at radius 3 is 1.90 bits per heavy atom. The molecule has 2 N–H and O–H groups in total. The van der Waals surface area contributed by atoms with E-state index in [-0.39, 0.29) is 12.5 Å². The first-order valence-corrected chi connectivity index (χ1v) is 13.9. The highest BCUT2D eigenvalue weighted by molar-refractivity contribution is 5.81. The lowest BCUT2D eigenvalue weighted by Crippen LogP contribution is -2.41. The van der Waals surface area contributed by atoms with Gasteiger partial charge in [0.1, 0.15) is 12.6 Å². The Morgan fingerprint density at radius 1 is 0.805 bits per heavy atom. The second kappa shape index (κ2) is 13.7. The average Bonchev–Trinajstić information content (AvgIpc) is 3.32. The number of hydrogen-bond acceptors (Lipinski definition) is 6. The van der Waals surface area contributed by atoms with Crippen molar-refractivity contribution in [3.8, 4) is 11.1 Å². The number of carboxylic acids is 1. The number of amides is 1. The molecule has 0 bridgehead atoms. The van der Waals surface area contributed by atoms with Crippen LogP contribution in [0.25, 0.3) is 11.1 Å². The SMILES string of the molecule is O=C(N[C@@H](CCCCN(Cc1ccccn1)Cc1ccccn1)C(=O)O)OCC1c2ccccc2-c2ccccc21. The van der Waals surface area contributed by atoms with Gasteiger partial charge < -0.3 is 15.2 Å². The Hall–Kier alpha value is -4.56. The normalized spacial score (nSPS) is 12.9. The fourth-order valence-corrected chi connectivity index (χ4v) is 5.38. The van der Waals surface area contributed by atoms with Crippen LogP contribution in [0.15, 0.2) is 97.3 Å². The van der Waals surface area contributed by atoms with E-state index in [1.807, 2.05) is 72.8 Å². The van der Waals surface area contributed by atoms with Crippen molar-refractivity contribution in [3.63, 3.8) is 0 Å². The van der Waals surface area contributed by atoms with Crippen LogP contribution < -0.4 is 5.32 Å². The van der Waals surface area contributed by atoms with E-state index in [1.165, 1.54) is 0 Å². The molecule has 1 aliphatic carbocycles. The third-order valence-electron chi connectivity index (χ3n) is 7.37. The number of fused-ring (bicyclic) bond motifs is 3. The van der Waals surface area contributed by atoms with E-state index < -0.39 is 18.1 Å². The number of aromatic nitrogens is 2. The van der Waals surface area contributed by atoms with Crippen molar-refractivity contribution in [2.24, 2.45) is 0 Å². The molecule has 41 heavy (non-hydrogen) atoms. The minimum Gasteiger partial charge on any atom is -0.480 e. The van der Waals surface area contributed by atoms with E-state index in [2.05, 4.69) is 32.3 Å². The van der Waals surface area contributed by atoms with Crippen molar-refractivity contribution in [1.82, 2.24) is 20.2 Å². The summed E-state index contributed by atoms with van der Waals surface area (Å²) in [7, 11) is 0. The summed E-state index contributed by atoms with van der Waals surface area (Å²) in [6.45, 7) is 2.21. The first kappa shape index (κ1) is 28.0. The van der Waals surface area contributed by atoms with Crippen LogP contribution >= 0.6 is 0 Å².